The van der Waals surface area contributed by atoms with Crippen LogP contribution in [0.1, 0.15) is 12.8 Å². The Kier molecular flexibility index (Phi) is 6.09. The van der Waals surface area contributed by atoms with E-state index in [1.165, 1.54) is 0 Å². The first-order valence-electron chi connectivity index (χ1n) is 2.75. The third kappa shape index (κ3) is 7.98. The molecule has 0 aliphatic rings. The molecule has 0 spiro atoms. The lowest BCUT2D eigenvalue weighted by Gasteiger charge is -1.99. The van der Waals surface area contributed by atoms with E-state index in [1.807, 2.05) is 0 Å². The Morgan fingerprint density at radius 2 is 2.22 bits per heavy atom. The molecule has 0 aromatic heterocycles. The Labute approximate surface area is 65.3 Å². The van der Waals surface area contributed by atoms with Gasteiger partial charge in [-0.05, 0) is 25.1 Å². The van der Waals surface area contributed by atoms with Gasteiger partial charge in [-0.1, -0.05) is 0 Å². The van der Waals surface area contributed by atoms with Crippen molar-refractivity contribution in [2.24, 2.45) is 5.73 Å². The van der Waals surface area contributed by atoms with E-state index < -0.39 is 0 Å². The average molecular weight is 168 g/mol. The van der Waals surface area contributed by atoms with Gasteiger partial charge in [-0.25, -0.2) is 0 Å². The third-order valence-corrected chi connectivity index (χ3v) is 1.16. The van der Waals surface area contributed by atoms with Gasteiger partial charge in [-0.2, -0.15) is 0 Å². The topological polar surface area (TPSA) is 35.2 Å². The van der Waals surface area contributed by atoms with Crippen LogP contribution in [0.2, 0.25) is 0 Å². The Bertz CT molecular complexity index is 89.0. The molecule has 0 aromatic carbocycles. The van der Waals surface area contributed by atoms with Gasteiger partial charge in [0.05, 0.1) is 6.61 Å². The van der Waals surface area contributed by atoms with E-state index in [9.17, 15) is 0 Å². The van der Waals surface area contributed by atoms with Crippen LogP contribution in [0.3, 0.4) is 0 Å². The van der Waals surface area contributed by atoms with Gasteiger partial charge >= 0.3 is 0 Å². The van der Waals surface area contributed by atoms with Crippen LogP contribution < -0.4 is 5.73 Å². The van der Waals surface area contributed by atoms with Gasteiger partial charge in [-0.3, -0.25) is 0 Å². The second-order valence-corrected chi connectivity index (χ2v) is 2.34. The van der Waals surface area contributed by atoms with E-state index in [0.717, 1.165) is 12.8 Å². The summed E-state index contributed by atoms with van der Waals surface area (Å²) in [6.07, 6.45) is 1.87. The molecule has 54 valence electrons. The molecule has 0 saturated carbocycles. The second-order valence-electron chi connectivity index (χ2n) is 1.56. The Morgan fingerprint density at radius 3 is 2.67 bits per heavy atom. The lowest BCUT2D eigenvalue weighted by molar-refractivity contribution is 0.301. The van der Waals surface area contributed by atoms with Gasteiger partial charge in [-0.15, -0.1) is 11.6 Å². The summed E-state index contributed by atoms with van der Waals surface area (Å²) in [6, 6.07) is 0. The van der Waals surface area contributed by atoms with Crippen LogP contribution in [0.5, 0.6) is 0 Å². The average Bonchev–Trinajstić information content (AvgIpc) is 1.80. The number of unbranched alkanes of at least 4 members (excludes halogenated alkanes) is 1. The summed E-state index contributed by atoms with van der Waals surface area (Å²) in [6.45, 7) is 0.585. The van der Waals surface area contributed by atoms with Crippen LogP contribution in [0.4, 0.5) is 0 Å². The molecule has 0 fully saturated rings. The zero-order valence-electron chi connectivity index (χ0n) is 5.10. The highest BCUT2D eigenvalue weighted by Crippen LogP contribution is 1.91. The molecule has 9 heavy (non-hydrogen) atoms. The van der Waals surface area contributed by atoms with Crippen LogP contribution in [-0.2, 0) is 4.74 Å². The lowest BCUT2D eigenvalue weighted by atomic mass is 10.4. The summed E-state index contributed by atoms with van der Waals surface area (Å²) >= 11 is 9.86. The largest absolute Gasteiger partial charge is 0.471 e. The zero-order valence-corrected chi connectivity index (χ0v) is 6.67. The Balaban J connectivity index is 2.83. The Morgan fingerprint density at radius 1 is 1.56 bits per heavy atom. The normalized spacial score (nSPS) is 9.00. The lowest BCUT2D eigenvalue weighted by Crippen LogP contribution is -2.13. The first kappa shape index (κ1) is 8.98. The second kappa shape index (κ2) is 6.11. The standard InChI is InChI=1S/C5H10ClNOS/c6-3-1-2-4-8-5(7)9/h1-4H2,(H2,7,9). The summed E-state index contributed by atoms with van der Waals surface area (Å²) in [7, 11) is 0. The summed E-state index contributed by atoms with van der Waals surface area (Å²) in [5.41, 5.74) is 5.05. The zero-order chi connectivity index (χ0) is 7.11. The van der Waals surface area contributed by atoms with Gasteiger partial charge in [0.2, 0.25) is 0 Å². The number of rotatable bonds is 4. The molecule has 0 aliphatic carbocycles. The minimum Gasteiger partial charge on any atom is -0.471 e. The summed E-state index contributed by atoms with van der Waals surface area (Å²) < 4.78 is 4.79. The van der Waals surface area contributed by atoms with Gasteiger partial charge in [0.15, 0.2) is 0 Å². The van der Waals surface area contributed by atoms with Crippen LogP contribution in [0.25, 0.3) is 0 Å². The van der Waals surface area contributed by atoms with E-state index >= 15 is 0 Å². The smallest absolute Gasteiger partial charge is 0.253 e. The van der Waals surface area contributed by atoms with Crippen molar-refractivity contribution in [1.29, 1.82) is 0 Å². The molecule has 0 aromatic rings. The van der Waals surface area contributed by atoms with Crippen molar-refractivity contribution in [3.63, 3.8) is 0 Å². The fourth-order valence-electron chi connectivity index (χ4n) is 0.369. The monoisotopic (exact) mass is 167 g/mol. The molecule has 0 aliphatic heterocycles. The predicted octanol–water partition coefficient (Wildman–Crippen LogP) is 1.27. The number of nitrogens with two attached hydrogens (primary N) is 1. The van der Waals surface area contributed by atoms with Crippen molar-refractivity contribution >= 4 is 29.0 Å². The van der Waals surface area contributed by atoms with E-state index in [4.69, 9.17) is 22.1 Å². The first-order valence-corrected chi connectivity index (χ1v) is 3.70. The minimum absolute atomic E-state index is 0.115. The first-order chi connectivity index (χ1) is 4.27. The van der Waals surface area contributed by atoms with Crippen molar-refractivity contribution in [2.75, 3.05) is 12.5 Å². The number of hydrogen-bond donors (Lipinski definition) is 1. The summed E-state index contributed by atoms with van der Waals surface area (Å²) in [5, 5.41) is 0.115. The summed E-state index contributed by atoms with van der Waals surface area (Å²) in [5.74, 6) is 0.667. The molecular weight excluding hydrogens is 158 g/mol. The van der Waals surface area contributed by atoms with E-state index in [1.54, 1.807) is 0 Å². The quantitative estimate of drug-likeness (QED) is 0.389. The molecule has 0 bridgehead atoms. The van der Waals surface area contributed by atoms with Crippen LogP contribution in [-0.4, -0.2) is 17.7 Å². The molecule has 0 heterocycles. The maximum atomic E-state index is 5.40. The highest BCUT2D eigenvalue weighted by Gasteiger charge is 1.88. The van der Waals surface area contributed by atoms with Gasteiger partial charge in [0, 0.05) is 5.88 Å². The number of hydrogen-bond acceptors (Lipinski definition) is 2. The highest BCUT2D eigenvalue weighted by molar-refractivity contribution is 7.80. The molecule has 0 radical (unpaired) electrons. The van der Waals surface area contributed by atoms with Gasteiger partial charge in [0.1, 0.15) is 0 Å². The molecule has 2 nitrogen and oxygen atoms in total. The highest BCUT2D eigenvalue weighted by atomic mass is 35.5. The van der Waals surface area contributed by atoms with Crippen molar-refractivity contribution in [3.05, 3.63) is 0 Å². The molecule has 4 heteroatoms. The molecule has 0 saturated heterocycles. The molecule has 0 atom stereocenters. The van der Waals surface area contributed by atoms with Crippen molar-refractivity contribution in [3.8, 4) is 0 Å². The SMILES string of the molecule is NC(=S)OCCCCCl. The van der Waals surface area contributed by atoms with Crippen molar-refractivity contribution in [2.45, 2.75) is 12.8 Å². The maximum absolute atomic E-state index is 5.40. The number of ether oxygens (including phenoxy) is 1. The Hall–Kier alpha value is -0.0200. The molecule has 0 rings (SSSR count). The minimum atomic E-state index is 0.115. The number of alkyl halides is 1. The van der Waals surface area contributed by atoms with E-state index in [-0.39, 0.29) is 5.17 Å². The maximum Gasteiger partial charge on any atom is 0.253 e. The summed E-state index contributed by atoms with van der Waals surface area (Å²) in [4.78, 5) is 0. The molecule has 0 amide bonds. The van der Waals surface area contributed by atoms with Crippen LogP contribution in [0, 0.1) is 0 Å². The van der Waals surface area contributed by atoms with Crippen molar-refractivity contribution in [1.82, 2.24) is 0 Å². The molecular formula is C5H10ClNOS. The predicted molar refractivity (Wildman–Crippen MR) is 42.7 cm³/mol. The fourth-order valence-corrected chi connectivity index (χ4v) is 0.642. The molecule has 0 unspecified atom stereocenters. The number of halogens is 1. The van der Waals surface area contributed by atoms with Crippen LogP contribution in [0.15, 0.2) is 0 Å². The number of thiocarbonyl (C=S) groups is 1. The fraction of sp³-hybridized carbons (Fsp3) is 0.800. The molecule has 2 N–H and O–H groups in total. The third-order valence-electron chi connectivity index (χ3n) is 0.772. The van der Waals surface area contributed by atoms with Crippen molar-refractivity contribution < 1.29 is 4.74 Å². The van der Waals surface area contributed by atoms with E-state index in [2.05, 4.69) is 12.2 Å². The van der Waals surface area contributed by atoms with E-state index in [0.29, 0.717) is 12.5 Å². The van der Waals surface area contributed by atoms with Gasteiger partial charge in [0.25, 0.3) is 5.17 Å². The van der Waals surface area contributed by atoms with Crippen LogP contribution >= 0.6 is 23.8 Å². The van der Waals surface area contributed by atoms with Gasteiger partial charge < -0.3 is 10.5 Å².